The first-order valence-corrected chi connectivity index (χ1v) is 11.3. The fourth-order valence-corrected chi connectivity index (χ4v) is 4.24. The van der Waals surface area contributed by atoms with Gasteiger partial charge in [-0.2, -0.15) is 15.1 Å². The number of fused-ring (bicyclic) bond motifs is 1. The summed E-state index contributed by atoms with van der Waals surface area (Å²) in [5, 5.41) is 15.8. The number of aliphatic imine (C=N–C) groups is 1. The van der Waals surface area contributed by atoms with Crippen LogP contribution in [0.15, 0.2) is 58.1 Å². The van der Waals surface area contributed by atoms with Crippen LogP contribution in [0.4, 0.5) is 0 Å². The van der Waals surface area contributed by atoms with Gasteiger partial charge >= 0.3 is 0 Å². The largest absolute Gasteiger partial charge is 0.490 e. The van der Waals surface area contributed by atoms with Crippen molar-refractivity contribution in [1.82, 2.24) is 5.01 Å². The van der Waals surface area contributed by atoms with Gasteiger partial charge in [0.25, 0.3) is 5.91 Å². The van der Waals surface area contributed by atoms with Crippen LogP contribution in [0.5, 0.6) is 11.5 Å². The highest BCUT2D eigenvalue weighted by Crippen LogP contribution is 2.38. The highest BCUT2D eigenvalue weighted by Gasteiger charge is 2.35. The number of nitrogens with zero attached hydrogens (tertiary/aromatic N) is 3. The van der Waals surface area contributed by atoms with Crippen molar-refractivity contribution in [1.29, 1.82) is 5.41 Å². The molecular formula is C23H21ClN4O3S. The van der Waals surface area contributed by atoms with Crippen molar-refractivity contribution in [3.63, 3.8) is 0 Å². The smallest absolute Gasteiger partial charge is 0.283 e. The van der Waals surface area contributed by atoms with Crippen LogP contribution in [0.25, 0.3) is 6.08 Å². The fourth-order valence-electron chi connectivity index (χ4n) is 3.15. The van der Waals surface area contributed by atoms with E-state index in [1.807, 2.05) is 44.2 Å². The average Bonchev–Trinajstić information content (AvgIpc) is 3.20. The third-order valence-corrected chi connectivity index (χ3v) is 6.00. The van der Waals surface area contributed by atoms with Crippen molar-refractivity contribution in [2.24, 2.45) is 10.1 Å². The molecule has 2 heterocycles. The van der Waals surface area contributed by atoms with Crippen LogP contribution in [-0.4, -0.2) is 33.6 Å². The number of nitrogens with one attached hydrogen (secondary N) is 1. The molecule has 0 bridgehead atoms. The maximum Gasteiger partial charge on any atom is 0.283 e. The second-order valence-electron chi connectivity index (χ2n) is 6.90. The van der Waals surface area contributed by atoms with Gasteiger partial charge in [0.15, 0.2) is 17.3 Å². The maximum absolute atomic E-state index is 12.6. The minimum Gasteiger partial charge on any atom is -0.490 e. The molecule has 4 rings (SSSR count). The van der Waals surface area contributed by atoms with Gasteiger partial charge in [0.1, 0.15) is 11.7 Å². The molecule has 1 amide bonds. The van der Waals surface area contributed by atoms with Gasteiger partial charge in [-0.1, -0.05) is 48.9 Å². The fraction of sp³-hybridized carbons (Fsp3) is 0.217. The molecule has 2 aliphatic heterocycles. The zero-order valence-electron chi connectivity index (χ0n) is 17.6. The Bertz CT molecular complexity index is 1160. The second kappa shape index (κ2) is 9.58. The monoisotopic (exact) mass is 468 g/mol. The van der Waals surface area contributed by atoms with E-state index in [9.17, 15) is 4.79 Å². The van der Waals surface area contributed by atoms with Crippen LogP contribution in [0.2, 0.25) is 5.02 Å². The number of ether oxygens (including phenoxy) is 2. The number of thioether (sulfide) groups is 1. The van der Waals surface area contributed by atoms with E-state index in [0.717, 1.165) is 10.6 Å². The van der Waals surface area contributed by atoms with Crippen molar-refractivity contribution in [2.75, 3.05) is 6.61 Å². The molecule has 2 aromatic rings. The number of amidine groups is 2. The molecule has 0 atom stereocenters. The van der Waals surface area contributed by atoms with Crippen molar-refractivity contribution in [3.8, 4) is 11.5 Å². The Balaban J connectivity index is 1.64. The molecule has 0 saturated heterocycles. The van der Waals surface area contributed by atoms with Gasteiger partial charge in [0.2, 0.25) is 5.17 Å². The van der Waals surface area contributed by atoms with E-state index in [2.05, 4.69) is 10.1 Å². The third kappa shape index (κ3) is 4.56. The Morgan fingerprint density at radius 3 is 2.69 bits per heavy atom. The molecule has 164 valence electrons. The molecule has 0 fully saturated rings. The number of carbonyl (C=O) groups is 1. The molecule has 0 unspecified atom stereocenters. The minimum absolute atomic E-state index is 0.0190. The number of benzene rings is 2. The zero-order chi connectivity index (χ0) is 22.7. The molecule has 7 nitrogen and oxygen atoms in total. The molecule has 0 aromatic heterocycles. The Morgan fingerprint density at radius 1 is 1.19 bits per heavy atom. The number of amides is 1. The summed E-state index contributed by atoms with van der Waals surface area (Å²) in [5.41, 5.74) is 1.73. The normalized spacial score (nSPS) is 16.7. The number of hydrazone groups is 1. The molecule has 2 aromatic carbocycles. The number of hydrogen-bond acceptors (Lipinski definition) is 6. The van der Waals surface area contributed by atoms with Crippen LogP contribution in [0.1, 0.15) is 31.4 Å². The van der Waals surface area contributed by atoms with E-state index in [-0.39, 0.29) is 11.4 Å². The molecule has 0 spiro atoms. The van der Waals surface area contributed by atoms with Crippen LogP contribution < -0.4 is 9.47 Å². The van der Waals surface area contributed by atoms with Crippen LogP contribution in [0.3, 0.4) is 0 Å². The van der Waals surface area contributed by atoms with Crippen molar-refractivity contribution < 1.29 is 14.3 Å². The van der Waals surface area contributed by atoms with Gasteiger partial charge in [-0.05, 0) is 54.4 Å². The molecule has 9 heteroatoms. The molecule has 2 aliphatic rings. The van der Waals surface area contributed by atoms with Crippen molar-refractivity contribution in [2.45, 2.75) is 26.9 Å². The molecule has 32 heavy (non-hydrogen) atoms. The number of rotatable bonds is 7. The number of halogens is 1. The first-order chi connectivity index (χ1) is 15.5. The van der Waals surface area contributed by atoms with Gasteiger partial charge in [-0.25, -0.2) is 0 Å². The lowest BCUT2D eigenvalue weighted by Gasteiger charge is -2.20. The van der Waals surface area contributed by atoms with Crippen LogP contribution in [0, 0.1) is 5.41 Å². The summed E-state index contributed by atoms with van der Waals surface area (Å²) in [4.78, 5) is 16.7. The van der Waals surface area contributed by atoms with E-state index >= 15 is 0 Å². The summed E-state index contributed by atoms with van der Waals surface area (Å²) >= 11 is 7.82. The zero-order valence-corrected chi connectivity index (χ0v) is 19.2. The molecule has 1 N–H and O–H groups in total. The van der Waals surface area contributed by atoms with Crippen LogP contribution in [-0.2, 0) is 11.4 Å². The van der Waals surface area contributed by atoms with E-state index in [0.29, 0.717) is 46.9 Å². The van der Waals surface area contributed by atoms with Crippen LogP contribution >= 0.6 is 23.4 Å². The second-order valence-corrected chi connectivity index (χ2v) is 8.35. The van der Waals surface area contributed by atoms with Gasteiger partial charge < -0.3 is 9.47 Å². The lowest BCUT2D eigenvalue weighted by atomic mass is 10.1. The molecule has 0 aliphatic carbocycles. The summed E-state index contributed by atoms with van der Waals surface area (Å²) in [6, 6.07) is 13.2. The topological polar surface area (TPSA) is 87.3 Å². The highest BCUT2D eigenvalue weighted by atomic mass is 35.5. The molecular weight excluding hydrogens is 448 g/mol. The predicted molar refractivity (Wildman–Crippen MR) is 129 cm³/mol. The lowest BCUT2D eigenvalue weighted by molar-refractivity contribution is -0.114. The van der Waals surface area contributed by atoms with E-state index in [1.54, 1.807) is 18.2 Å². The number of carbonyl (C=O) groups excluding carboxylic acids is 1. The number of hydrogen-bond donors (Lipinski definition) is 1. The Labute approximate surface area is 195 Å². The first kappa shape index (κ1) is 22.1. The third-order valence-electron chi connectivity index (χ3n) is 4.67. The summed E-state index contributed by atoms with van der Waals surface area (Å²) in [7, 11) is 0. The molecule has 0 radical (unpaired) electrons. The summed E-state index contributed by atoms with van der Waals surface area (Å²) in [6.45, 7) is 4.59. The summed E-state index contributed by atoms with van der Waals surface area (Å²) in [6.07, 6.45) is 2.28. The van der Waals surface area contributed by atoms with E-state index in [1.165, 1.54) is 16.8 Å². The van der Waals surface area contributed by atoms with E-state index in [4.69, 9.17) is 26.5 Å². The van der Waals surface area contributed by atoms with Gasteiger partial charge in [0.05, 0.1) is 17.2 Å². The Hall–Kier alpha value is -3.10. The Morgan fingerprint density at radius 2 is 1.97 bits per heavy atom. The van der Waals surface area contributed by atoms with E-state index < -0.39 is 5.91 Å². The minimum atomic E-state index is -0.486. The summed E-state index contributed by atoms with van der Waals surface area (Å²) < 4.78 is 11.7. The predicted octanol–water partition coefficient (Wildman–Crippen LogP) is 5.35. The standard InChI is InChI=1S/C23H21ClN4O3S/c1-3-19-27-28-21(25)16(22(29)26-23(28)32-19)10-15-11-17(24)20(18(12-15)30-4-2)31-13-14-8-6-5-7-9-14/h5-12,25H,3-4,13H2,1-2H3/b16-10+,25-21?. The molecule has 0 saturated carbocycles. The quantitative estimate of drug-likeness (QED) is 0.553. The average molecular weight is 469 g/mol. The van der Waals surface area contributed by atoms with Gasteiger partial charge in [-0.15, -0.1) is 0 Å². The van der Waals surface area contributed by atoms with Gasteiger partial charge in [-0.3, -0.25) is 10.2 Å². The maximum atomic E-state index is 12.6. The summed E-state index contributed by atoms with van der Waals surface area (Å²) in [5.74, 6) is 0.386. The highest BCUT2D eigenvalue weighted by molar-refractivity contribution is 8.26. The van der Waals surface area contributed by atoms with Crippen molar-refractivity contribution >= 4 is 51.4 Å². The first-order valence-electron chi connectivity index (χ1n) is 10.1. The van der Waals surface area contributed by atoms with Gasteiger partial charge in [0, 0.05) is 0 Å². The lowest BCUT2D eigenvalue weighted by Crippen LogP contribution is -2.35. The van der Waals surface area contributed by atoms with Crippen molar-refractivity contribution in [3.05, 3.63) is 64.2 Å². The SMILES string of the molecule is CCOc1cc(/C=C2\C(=N)N3N=C(CC)SC3=NC2=O)cc(Cl)c1OCc1ccccc1. The Kier molecular flexibility index (Phi) is 6.62.